The summed E-state index contributed by atoms with van der Waals surface area (Å²) in [4.78, 5) is 18.6. The molecule has 0 aliphatic rings. The molecule has 0 aromatic carbocycles. The van der Waals surface area contributed by atoms with Crippen molar-refractivity contribution >= 4 is 36.2 Å². The third-order valence-corrected chi connectivity index (χ3v) is 9.37. The number of anilines is 1. The number of hydrogen-bond acceptors (Lipinski definition) is 4. The second kappa shape index (κ2) is 8.84. The molecule has 1 amide bonds. The van der Waals surface area contributed by atoms with Gasteiger partial charge in [0.2, 0.25) is 0 Å². The van der Waals surface area contributed by atoms with Gasteiger partial charge in [0.1, 0.15) is 16.0 Å². The van der Waals surface area contributed by atoms with Gasteiger partial charge < -0.3 is 9.16 Å². The van der Waals surface area contributed by atoms with E-state index in [-0.39, 0.29) is 5.04 Å². The van der Waals surface area contributed by atoms with Crippen LogP contribution in [0.15, 0.2) is 22.8 Å². The van der Waals surface area contributed by atoms with Crippen LogP contribution >= 0.6 is 15.9 Å². The number of carbonyl (C=O) groups is 1. The zero-order valence-corrected chi connectivity index (χ0v) is 19.9. The van der Waals surface area contributed by atoms with Crippen molar-refractivity contribution in [3.05, 3.63) is 22.8 Å². The minimum absolute atomic E-state index is 0.170. The number of halogens is 1. The van der Waals surface area contributed by atoms with E-state index in [1.54, 1.807) is 4.90 Å². The largest absolute Gasteiger partial charge is 0.443 e. The van der Waals surface area contributed by atoms with E-state index in [2.05, 4.69) is 54.8 Å². The van der Waals surface area contributed by atoms with E-state index in [0.29, 0.717) is 23.6 Å². The van der Waals surface area contributed by atoms with Crippen molar-refractivity contribution in [1.82, 2.24) is 4.98 Å². The van der Waals surface area contributed by atoms with Crippen LogP contribution in [0.3, 0.4) is 0 Å². The van der Waals surface area contributed by atoms with Gasteiger partial charge in [0, 0.05) is 13.2 Å². The van der Waals surface area contributed by atoms with Crippen LogP contribution in [-0.2, 0) is 9.16 Å². The molecule has 0 fully saturated rings. The maximum atomic E-state index is 12.6. The summed E-state index contributed by atoms with van der Waals surface area (Å²) >= 11 is 3.36. The lowest BCUT2D eigenvalue weighted by atomic mass is 10.2. The summed E-state index contributed by atoms with van der Waals surface area (Å²) in [6, 6.07) is 5.50. The molecule has 0 radical (unpaired) electrons. The maximum absolute atomic E-state index is 12.6. The Labute approximate surface area is 167 Å². The summed E-state index contributed by atoms with van der Waals surface area (Å²) in [7, 11) is -1.79. The van der Waals surface area contributed by atoms with Gasteiger partial charge in [-0.05, 0) is 73.4 Å². The molecule has 7 heteroatoms. The molecule has 1 heterocycles. The molecule has 0 unspecified atom stereocenters. The SMILES string of the molecule is CC(C)(C)OC(=O)N(CCCO[Si](C)(C)C(C)(C)C)c1cccc(Br)n1. The average molecular weight is 445 g/mol. The average Bonchev–Trinajstić information content (AvgIpc) is 2.43. The monoisotopic (exact) mass is 444 g/mol. The number of ether oxygens (including phenoxy) is 1. The Kier molecular flexibility index (Phi) is 7.86. The van der Waals surface area contributed by atoms with Crippen LogP contribution < -0.4 is 4.90 Å². The third-order valence-electron chi connectivity index (χ3n) is 4.39. The van der Waals surface area contributed by atoms with Crippen molar-refractivity contribution in [3.63, 3.8) is 0 Å². The van der Waals surface area contributed by atoms with Crippen molar-refractivity contribution in [2.24, 2.45) is 0 Å². The zero-order chi connectivity index (χ0) is 20.2. The highest BCUT2D eigenvalue weighted by molar-refractivity contribution is 9.10. The van der Waals surface area contributed by atoms with E-state index >= 15 is 0 Å². The quantitative estimate of drug-likeness (QED) is 0.306. The van der Waals surface area contributed by atoms with E-state index in [1.807, 2.05) is 39.0 Å². The molecule has 5 nitrogen and oxygen atoms in total. The summed E-state index contributed by atoms with van der Waals surface area (Å²) in [6.45, 7) is 17.8. The van der Waals surface area contributed by atoms with E-state index in [1.165, 1.54) is 0 Å². The van der Waals surface area contributed by atoms with Crippen molar-refractivity contribution in [1.29, 1.82) is 0 Å². The third kappa shape index (κ3) is 7.37. The minimum Gasteiger partial charge on any atom is -0.443 e. The topological polar surface area (TPSA) is 51.7 Å². The molecule has 0 saturated heterocycles. The lowest BCUT2D eigenvalue weighted by molar-refractivity contribution is 0.0577. The summed E-state index contributed by atoms with van der Waals surface area (Å²) in [5, 5.41) is 0.170. The highest BCUT2D eigenvalue weighted by Crippen LogP contribution is 2.36. The second-order valence-corrected chi connectivity index (χ2v) is 14.5. The molecular formula is C19H33BrN2O3Si. The highest BCUT2D eigenvalue weighted by atomic mass is 79.9. The molecule has 0 atom stereocenters. The van der Waals surface area contributed by atoms with Gasteiger partial charge >= 0.3 is 6.09 Å². The van der Waals surface area contributed by atoms with Gasteiger partial charge in [0.25, 0.3) is 0 Å². The first-order valence-corrected chi connectivity index (χ1v) is 12.7. The second-order valence-electron chi connectivity index (χ2n) is 8.91. The van der Waals surface area contributed by atoms with Crippen LogP contribution in [0.2, 0.25) is 18.1 Å². The van der Waals surface area contributed by atoms with Gasteiger partial charge in [-0.15, -0.1) is 0 Å². The number of hydrogen-bond donors (Lipinski definition) is 0. The fourth-order valence-corrected chi connectivity index (χ4v) is 3.35. The number of pyridine rings is 1. The fraction of sp³-hybridized carbons (Fsp3) is 0.684. The van der Waals surface area contributed by atoms with Gasteiger partial charge in [0.05, 0.1) is 0 Å². The van der Waals surface area contributed by atoms with Crippen molar-refractivity contribution in [2.45, 2.75) is 71.7 Å². The maximum Gasteiger partial charge on any atom is 0.416 e. The summed E-state index contributed by atoms with van der Waals surface area (Å²) in [5.41, 5.74) is -0.557. The number of nitrogens with zero attached hydrogens (tertiary/aromatic N) is 2. The molecule has 1 aromatic rings. The van der Waals surface area contributed by atoms with Crippen LogP contribution in [0.1, 0.15) is 48.0 Å². The first kappa shape index (κ1) is 23.1. The van der Waals surface area contributed by atoms with Gasteiger partial charge in [-0.2, -0.15) is 0 Å². The first-order chi connectivity index (χ1) is 11.7. The van der Waals surface area contributed by atoms with E-state index in [4.69, 9.17) is 9.16 Å². The number of aromatic nitrogens is 1. The molecule has 1 aromatic heterocycles. The van der Waals surface area contributed by atoms with Gasteiger partial charge in [-0.25, -0.2) is 9.78 Å². The summed E-state index contributed by atoms with van der Waals surface area (Å²) in [6.07, 6.45) is 0.329. The highest BCUT2D eigenvalue weighted by Gasteiger charge is 2.37. The van der Waals surface area contributed by atoms with E-state index < -0.39 is 20.0 Å². The predicted octanol–water partition coefficient (Wildman–Crippen LogP) is 6.00. The Morgan fingerprint density at radius 2 is 1.81 bits per heavy atom. The number of rotatable bonds is 6. The Hall–Kier alpha value is -0.923. The molecule has 0 N–H and O–H groups in total. The Balaban J connectivity index is 2.79. The van der Waals surface area contributed by atoms with E-state index in [9.17, 15) is 4.79 Å². The lowest BCUT2D eigenvalue weighted by Crippen LogP contribution is -2.42. The van der Waals surface area contributed by atoms with Crippen molar-refractivity contribution in [3.8, 4) is 0 Å². The van der Waals surface area contributed by atoms with Crippen LogP contribution in [-0.4, -0.2) is 38.1 Å². The number of carbonyl (C=O) groups excluding carboxylic acids is 1. The van der Waals surface area contributed by atoms with Crippen LogP contribution in [0.4, 0.5) is 10.6 Å². The first-order valence-electron chi connectivity index (χ1n) is 9.00. The Morgan fingerprint density at radius 1 is 1.19 bits per heavy atom. The molecule has 0 aliphatic carbocycles. The smallest absolute Gasteiger partial charge is 0.416 e. The zero-order valence-electron chi connectivity index (χ0n) is 17.4. The molecule has 1 rings (SSSR count). The van der Waals surface area contributed by atoms with Crippen molar-refractivity contribution < 1.29 is 14.0 Å². The van der Waals surface area contributed by atoms with Crippen LogP contribution in [0.25, 0.3) is 0 Å². The summed E-state index contributed by atoms with van der Waals surface area (Å²) < 4.78 is 12.4. The Bertz CT molecular complexity index is 610. The van der Waals surface area contributed by atoms with Crippen LogP contribution in [0, 0.1) is 0 Å². The standard InChI is InChI=1S/C19H33BrN2O3Si/c1-18(2,3)25-17(23)22(16-12-9-11-15(20)21-16)13-10-14-24-26(7,8)19(4,5)6/h9,11-12H,10,13-14H2,1-8H3. The normalized spacial score (nSPS) is 12.8. The molecule has 0 saturated carbocycles. The predicted molar refractivity (Wildman–Crippen MR) is 113 cm³/mol. The minimum atomic E-state index is -1.79. The molecule has 148 valence electrons. The molecular weight excluding hydrogens is 412 g/mol. The molecule has 26 heavy (non-hydrogen) atoms. The van der Waals surface area contributed by atoms with Crippen molar-refractivity contribution in [2.75, 3.05) is 18.1 Å². The van der Waals surface area contributed by atoms with Gasteiger partial charge in [0.15, 0.2) is 8.32 Å². The van der Waals surface area contributed by atoms with Gasteiger partial charge in [-0.3, -0.25) is 4.90 Å². The summed E-state index contributed by atoms with van der Waals surface area (Å²) in [5.74, 6) is 0.570. The van der Waals surface area contributed by atoms with E-state index in [0.717, 1.165) is 6.42 Å². The fourth-order valence-electron chi connectivity index (χ4n) is 1.93. The lowest BCUT2D eigenvalue weighted by Gasteiger charge is -2.36. The molecule has 0 spiro atoms. The molecule has 0 aliphatic heterocycles. The number of amides is 1. The Morgan fingerprint density at radius 3 is 2.31 bits per heavy atom. The van der Waals surface area contributed by atoms with Gasteiger partial charge in [-0.1, -0.05) is 26.8 Å². The van der Waals surface area contributed by atoms with Crippen LogP contribution in [0.5, 0.6) is 0 Å². The molecule has 0 bridgehead atoms.